The van der Waals surface area contributed by atoms with Crippen LogP contribution in [0.1, 0.15) is 29.5 Å². The summed E-state index contributed by atoms with van der Waals surface area (Å²) in [5.41, 5.74) is 1.38. The maximum atomic E-state index is 12.9. The number of likely N-dealkylation sites (tertiary alicyclic amines) is 1. The van der Waals surface area contributed by atoms with Gasteiger partial charge in [0, 0.05) is 42.7 Å². The van der Waals surface area contributed by atoms with Gasteiger partial charge in [-0.15, -0.1) is 0 Å². The Hall–Kier alpha value is -2.93. The van der Waals surface area contributed by atoms with E-state index in [1.54, 1.807) is 28.0 Å². The van der Waals surface area contributed by atoms with Crippen LogP contribution in [0.15, 0.2) is 42.7 Å². The molecule has 0 aliphatic carbocycles. The first-order chi connectivity index (χ1) is 13.6. The van der Waals surface area contributed by atoms with Crippen molar-refractivity contribution in [3.05, 3.63) is 54.1 Å². The van der Waals surface area contributed by atoms with Crippen LogP contribution in [0.3, 0.4) is 0 Å². The average Bonchev–Trinajstić information content (AvgIpc) is 3.10. The number of β-amino-alcohol motifs (C(OH)–C–C–N with tert-alkyl or cyclic N) is 1. The third-order valence-electron chi connectivity index (χ3n) is 5.15. The van der Waals surface area contributed by atoms with Crippen LogP contribution in [0, 0.1) is 6.92 Å². The molecule has 0 bridgehead atoms. The monoisotopic (exact) mass is 380 g/mol. The normalized spacial score (nSPS) is 19.8. The van der Waals surface area contributed by atoms with Crippen molar-refractivity contribution in [1.29, 1.82) is 0 Å². The summed E-state index contributed by atoms with van der Waals surface area (Å²) < 4.78 is 7.84. The molecule has 28 heavy (non-hydrogen) atoms. The van der Waals surface area contributed by atoms with E-state index in [0.29, 0.717) is 25.2 Å². The van der Waals surface area contributed by atoms with E-state index in [1.165, 1.54) is 0 Å². The number of benzene rings is 1. The van der Waals surface area contributed by atoms with Gasteiger partial charge in [-0.1, -0.05) is 12.1 Å². The molecule has 2 atom stereocenters. The van der Waals surface area contributed by atoms with E-state index < -0.39 is 6.10 Å². The Morgan fingerprint density at radius 2 is 2.21 bits per heavy atom. The molecule has 146 valence electrons. The van der Waals surface area contributed by atoms with Gasteiger partial charge in [-0.25, -0.2) is 0 Å². The third kappa shape index (κ3) is 3.45. The van der Waals surface area contributed by atoms with Crippen molar-refractivity contribution in [2.45, 2.75) is 39.0 Å². The first kappa shape index (κ1) is 18.4. The lowest BCUT2D eigenvalue weighted by atomic mass is 10.0. The summed E-state index contributed by atoms with van der Waals surface area (Å²) in [5.74, 6) is 0.625. The fourth-order valence-corrected chi connectivity index (χ4v) is 3.71. The van der Waals surface area contributed by atoms with E-state index in [0.717, 1.165) is 22.2 Å². The lowest BCUT2D eigenvalue weighted by Gasteiger charge is -2.36. The van der Waals surface area contributed by atoms with Crippen LogP contribution in [0.25, 0.3) is 10.8 Å². The third-order valence-corrected chi connectivity index (χ3v) is 5.15. The molecule has 7 nitrogen and oxygen atoms in total. The van der Waals surface area contributed by atoms with Crippen molar-refractivity contribution >= 4 is 16.7 Å². The van der Waals surface area contributed by atoms with Gasteiger partial charge in [-0.05, 0) is 32.0 Å². The second-order valence-electron chi connectivity index (χ2n) is 7.10. The van der Waals surface area contributed by atoms with Gasteiger partial charge in [0.1, 0.15) is 23.7 Å². The van der Waals surface area contributed by atoms with E-state index in [4.69, 9.17) is 4.74 Å². The summed E-state index contributed by atoms with van der Waals surface area (Å²) in [6, 6.07) is 9.49. The Morgan fingerprint density at radius 1 is 1.36 bits per heavy atom. The zero-order chi connectivity index (χ0) is 19.7. The first-order valence-corrected chi connectivity index (χ1v) is 9.58. The molecule has 1 aliphatic rings. The summed E-state index contributed by atoms with van der Waals surface area (Å²) >= 11 is 0. The van der Waals surface area contributed by atoms with Gasteiger partial charge in [0.05, 0.1) is 12.2 Å². The van der Waals surface area contributed by atoms with Crippen molar-refractivity contribution < 1.29 is 14.6 Å². The highest BCUT2D eigenvalue weighted by atomic mass is 16.5. The second kappa shape index (κ2) is 7.59. The second-order valence-corrected chi connectivity index (χ2v) is 7.10. The predicted molar refractivity (Wildman–Crippen MR) is 105 cm³/mol. The summed E-state index contributed by atoms with van der Waals surface area (Å²) in [6.45, 7) is 5.23. The molecule has 0 radical (unpaired) electrons. The number of rotatable bonds is 4. The summed E-state index contributed by atoms with van der Waals surface area (Å²) in [4.78, 5) is 18.7. The SMILES string of the molecule is CCn1nc(C)cc1C(=O)N1CC[C@@H](Oc2cccc3cnccc23)[C@H](O)C1. The molecule has 3 aromatic rings. The zero-order valence-corrected chi connectivity index (χ0v) is 16.1. The van der Waals surface area contributed by atoms with Crippen LogP contribution >= 0.6 is 0 Å². The van der Waals surface area contributed by atoms with Gasteiger partial charge < -0.3 is 14.7 Å². The highest BCUT2D eigenvalue weighted by Gasteiger charge is 2.33. The van der Waals surface area contributed by atoms with Crippen LogP contribution in [-0.2, 0) is 6.54 Å². The molecule has 1 saturated heterocycles. The number of hydrogen-bond acceptors (Lipinski definition) is 5. The summed E-state index contributed by atoms with van der Waals surface area (Å²) in [6.07, 6.45) is 2.97. The average molecular weight is 380 g/mol. The van der Waals surface area contributed by atoms with Crippen LogP contribution < -0.4 is 4.74 Å². The number of carbonyl (C=O) groups excluding carboxylic acids is 1. The molecule has 4 rings (SSSR count). The maximum absolute atomic E-state index is 12.9. The molecule has 0 unspecified atom stereocenters. The minimum atomic E-state index is -0.756. The number of pyridine rings is 1. The zero-order valence-electron chi connectivity index (χ0n) is 16.1. The molecule has 3 heterocycles. The van der Waals surface area contributed by atoms with Crippen molar-refractivity contribution in [1.82, 2.24) is 19.7 Å². The van der Waals surface area contributed by atoms with E-state index in [1.807, 2.05) is 38.1 Å². The quantitative estimate of drug-likeness (QED) is 0.752. The molecular formula is C21H24N4O3. The number of fused-ring (bicyclic) bond motifs is 1. The minimum Gasteiger partial charge on any atom is -0.487 e. The van der Waals surface area contributed by atoms with Crippen molar-refractivity contribution in [2.75, 3.05) is 13.1 Å². The summed E-state index contributed by atoms with van der Waals surface area (Å²) in [7, 11) is 0. The highest BCUT2D eigenvalue weighted by Crippen LogP contribution is 2.28. The van der Waals surface area contributed by atoms with Crippen LogP contribution in [0.4, 0.5) is 0 Å². The fourth-order valence-electron chi connectivity index (χ4n) is 3.71. The number of amides is 1. The molecule has 1 N–H and O–H groups in total. The highest BCUT2D eigenvalue weighted by molar-refractivity contribution is 5.93. The molecule has 2 aromatic heterocycles. The van der Waals surface area contributed by atoms with Gasteiger partial charge in [-0.3, -0.25) is 14.5 Å². The van der Waals surface area contributed by atoms with Crippen molar-refractivity contribution in [3.63, 3.8) is 0 Å². The smallest absolute Gasteiger partial charge is 0.272 e. The Labute approximate surface area is 163 Å². The molecule has 1 fully saturated rings. The fraction of sp³-hybridized carbons (Fsp3) is 0.381. The Kier molecular flexibility index (Phi) is 5.00. The van der Waals surface area contributed by atoms with E-state index in [2.05, 4.69) is 10.1 Å². The number of aliphatic hydroxyl groups is 1. The molecule has 0 saturated carbocycles. The van der Waals surface area contributed by atoms with Gasteiger partial charge in [-0.2, -0.15) is 5.10 Å². The van der Waals surface area contributed by atoms with Gasteiger partial charge in [0.25, 0.3) is 5.91 Å². The van der Waals surface area contributed by atoms with Crippen LogP contribution in [-0.4, -0.2) is 56.0 Å². The summed E-state index contributed by atoms with van der Waals surface area (Å²) in [5, 5.41) is 16.9. The maximum Gasteiger partial charge on any atom is 0.272 e. The molecule has 1 aliphatic heterocycles. The van der Waals surface area contributed by atoms with Crippen LogP contribution in [0.2, 0.25) is 0 Å². The van der Waals surface area contributed by atoms with E-state index >= 15 is 0 Å². The lowest BCUT2D eigenvalue weighted by Crippen LogP contribution is -2.51. The van der Waals surface area contributed by atoms with Gasteiger partial charge >= 0.3 is 0 Å². The Morgan fingerprint density at radius 3 is 3.00 bits per heavy atom. The number of piperidine rings is 1. The van der Waals surface area contributed by atoms with E-state index in [9.17, 15) is 9.90 Å². The molecule has 0 spiro atoms. The number of ether oxygens (including phenoxy) is 1. The predicted octanol–water partition coefficient (Wildman–Crippen LogP) is 2.41. The number of carbonyl (C=O) groups is 1. The van der Waals surface area contributed by atoms with Gasteiger partial charge in [0.2, 0.25) is 0 Å². The standard InChI is InChI=1S/C21H24N4O3/c1-3-25-17(11-14(2)23-25)21(27)24-10-8-20(18(26)13-24)28-19-6-4-5-15-12-22-9-7-16(15)19/h4-7,9,11-12,18,20,26H,3,8,10,13H2,1-2H3/t18-,20-/m1/s1. The Balaban J connectivity index is 1.47. The van der Waals surface area contributed by atoms with Crippen LogP contribution in [0.5, 0.6) is 5.75 Å². The number of nitrogens with zero attached hydrogens (tertiary/aromatic N) is 4. The number of aliphatic hydroxyl groups excluding tert-OH is 1. The molecule has 1 aromatic carbocycles. The van der Waals surface area contributed by atoms with Crippen molar-refractivity contribution in [2.24, 2.45) is 0 Å². The number of hydrogen-bond donors (Lipinski definition) is 1. The molecule has 7 heteroatoms. The largest absolute Gasteiger partial charge is 0.487 e. The first-order valence-electron chi connectivity index (χ1n) is 9.58. The lowest BCUT2D eigenvalue weighted by molar-refractivity contribution is -0.0196. The topological polar surface area (TPSA) is 80.5 Å². The van der Waals surface area contributed by atoms with Crippen molar-refractivity contribution in [3.8, 4) is 5.75 Å². The van der Waals surface area contributed by atoms with E-state index in [-0.39, 0.29) is 18.6 Å². The molecule has 1 amide bonds. The Bertz CT molecular complexity index is 995. The number of aromatic nitrogens is 3. The molecular weight excluding hydrogens is 356 g/mol. The van der Waals surface area contributed by atoms with Gasteiger partial charge in [0.15, 0.2) is 0 Å². The number of aryl methyl sites for hydroxylation is 2. The minimum absolute atomic E-state index is 0.101.